The molecule has 1 aliphatic heterocycles. The quantitative estimate of drug-likeness (QED) is 0.502. The third kappa shape index (κ3) is 6.86. The van der Waals surface area contributed by atoms with Crippen molar-refractivity contribution in [2.24, 2.45) is 11.3 Å². The Morgan fingerprint density at radius 3 is 2.40 bits per heavy atom. The smallest absolute Gasteiger partial charge is 0.490 e. The molecule has 2 atom stereocenters. The van der Waals surface area contributed by atoms with E-state index >= 15 is 0 Å². The molecule has 7 nitrogen and oxygen atoms in total. The number of aryl methyl sites for hydroxylation is 1. The first-order valence-corrected chi connectivity index (χ1v) is 11.4. The van der Waals surface area contributed by atoms with Gasteiger partial charge >= 0.3 is 18.1 Å². The average molecular weight is 495 g/mol. The number of anilines is 1. The number of rotatable bonds is 7. The van der Waals surface area contributed by atoms with Gasteiger partial charge in [0.2, 0.25) is 0 Å². The SMILES string of the molecule is CC1(C)C(CC(=O)O)C1c1ccc(OCCc2ccc3c(n2)NCCC3)cc1.O=C(O)C(F)(F)F. The summed E-state index contributed by atoms with van der Waals surface area (Å²) in [5.41, 5.74) is 3.59. The van der Waals surface area contributed by atoms with Gasteiger partial charge in [-0.1, -0.05) is 32.0 Å². The molecule has 190 valence electrons. The van der Waals surface area contributed by atoms with Gasteiger partial charge in [0, 0.05) is 25.1 Å². The van der Waals surface area contributed by atoms with E-state index in [1.807, 2.05) is 12.1 Å². The van der Waals surface area contributed by atoms with Gasteiger partial charge in [0.25, 0.3) is 0 Å². The Hall–Kier alpha value is -3.30. The van der Waals surface area contributed by atoms with Crippen LogP contribution in [0, 0.1) is 11.3 Å². The third-order valence-electron chi connectivity index (χ3n) is 6.51. The van der Waals surface area contributed by atoms with Gasteiger partial charge in [0.15, 0.2) is 0 Å². The molecular weight excluding hydrogens is 465 g/mol. The monoisotopic (exact) mass is 494 g/mol. The normalized spacial score (nSPS) is 19.9. The van der Waals surface area contributed by atoms with Crippen molar-refractivity contribution >= 4 is 17.8 Å². The number of hydrogen-bond acceptors (Lipinski definition) is 5. The first-order chi connectivity index (χ1) is 16.4. The summed E-state index contributed by atoms with van der Waals surface area (Å²) in [6.07, 6.45) is -1.81. The Kier molecular flexibility index (Phi) is 7.92. The third-order valence-corrected chi connectivity index (χ3v) is 6.51. The fourth-order valence-corrected chi connectivity index (χ4v) is 4.53. The van der Waals surface area contributed by atoms with Gasteiger partial charge in [-0.3, -0.25) is 4.79 Å². The molecule has 0 radical (unpaired) electrons. The Labute approximate surface area is 201 Å². The van der Waals surface area contributed by atoms with Crippen molar-refractivity contribution in [2.45, 2.75) is 51.6 Å². The lowest BCUT2D eigenvalue weighted by Crippen LogP contribution is -2.21. The van der Waals surface area contributed by atoms with Gasteiger partial charge in [0.1, 0.15) is 11.6 Å². The minimum absolute atomic E-state index is 0.0485. The number of carboxylic acid groups (broad SMARTS) is 2. The van der Waals surface area contributed by atoms with Gasteiger partial charge in [-0.05, 0) is 59.4 Å². The maximum atomic E-state index is 11.1. The summed E-state index contributed by atoms with van der Waals surface area (Å²) in [7, 11) is 0. The lowest BCUT2D eigenvalue weighted by atomic mass is 10.0. The van der Waals surface area contributed by atoms with Crippen molar-refractivity contribution < 1.29 is 37.7 Å². The summed E-state index contributed by atoms with van der Waals surface area (Å²) in [5, 5.41) is 19.6. The molecule has 1 aromatic heterocycles. The van der Waals surface area contributed by atoms with E-state index < -0.39 is 18.1 Å². The van der Waals surface area contributed by atoms with Crippen LogP contribution in [0.4, 0.5) is 19.0 Å². The number of carbonyl (C=O) groups is 2. The molecule has 0 spiro atoms. The summed E-state index contributed by atoms with van der Waals surface area (Å²) >= 11 is 0. The number of halogens is 3. The van der Waals surface area contributed by atoms with Crippen LogP contribution in [0.15, 0.2) is 36.4 Å². The van der Waals surface area contributed by atoms with E-state index in [9.17, 15) is 18.0 Å². The molecule has 1 aromatic carbocycles. The zero-order valence-electron chi connectivity index (χ0n) is 19.6. The van der Waals surface area contributed by atoms with Crippen molar-refractivity contribution in [3.05, 3.63) is 53.2 Å². The summed E-state index contributed by atoms with van der Waals surface area (Å²) in [4.78, 5) is 24.6. The van der Waals surface area contributed by atoms with Crippen LogP contribution in [0.3, 0.4) is 0 Å². The van der Waals surface area contributed by atoms with Gasteiger partial charge in [-0.25, -0.2) is 9.78 Å². The van der Waals surface area contributed by atoms with Crippen LogP contribution in [0.1, 0.15) is 49.4 Å². The Morgan fingerprint density at radius 2 is 1.80 bits per heavy atom. The Balaban J connectivity index is 0.000000429. The van der Waals surface area contributed by atoms with Crippen LogP contribution < -0.4 is 10.1 Å². The minimum Gasteiger partial charge on any atom is -0.493 e. The largest absolute Gasteiger partial charge is 0.493 e. The van der Waals surface area contributed by atoms with Crippen molar-refractivity contribution in [3.63, 3.8) is 0 Å². The van der Waals surface area contributed by atoms with E-state index in [2.05, 4.69) is 43.4 Å². The molecule has 3 N–H and O–H groups in total. The molecule has 0 amide bonds. The molecular formula is C25H29F3N2O5. The Morgan fingerprint density at radius 1 is 1.14 bits per heavy atom. The van der Waals surface area contributed by atoms with Crippen molar-refractivity contribution in [3.8, 4) is 5.75 Å². The van der Waals surface area contributed by atoms with Crippen molar-refractivity contribution in [1.29, 1.82) is 0 Å². The van der Waals surface area contributed by atoms with Gasteiger partial charge in [-0.15, -0.1) is 0 Å². The number of hydrogen-bond donors (Lipinski definition) is 3. The number of benzene rings is 1. The number of pyridine rings is 1. The second-order valence-corrected chi connectivity index (χ2v) is 9.31. The average Bonchev–Trinajstić information content (AvgIpc) is 3.32. The summed E-state index contributed by atoms with van der Waals surface area (Å²) < 4.78 is 37.6. The van der Waals surface area contributed by atoms with Crippen LogP contribution in [0.5, 0.6) is 5.75 Å². The molecule has 1 fully saturated rings. The molecule has 1 aliphatic carbocycles. The highest BCUT2D eigenvalue weighted by Gasteiger charge is 2.58. The summed E-state index contributed by atoms with van der Waals surface area (Å²) in [5.74, 6) is -1.09. The molecule has 2 aliphatic rings. The maximum Gasteiger partial charge on any atom is 0.490 e. The van der Waals surface area contributed by atoms with Crippen LogP contribution >= 0.6 is 0 Å². The number of alkyl halides is 3. The second-order valence-electron chi connectivity index (χ2n) is 9.31. The number of nitrogens with one attached hydrogen (secondary N) is 1. The van der Waals surface area contributed by atoms with Gasteiger partial charge in [0.05, 0.1) is 6.61 Å². The number of aliphatic carboxylic acids is 2. The molecule has 2 heterocycles. The van der Waals surface area contributed by atoms with E-state index in [4.69, 9.17) is 24.7 Å². The maximum absolute atomic E-state index is 11.1. The van der Waals surface area contributed by atoms with E-state index in [0.717, 1.165) is 36.6 Å². The molecule has 10 heteroatoms. The van der Waals surface area contributed by atoms with E-state index in [1.165, 1.54) is 17.5 Å². The van der Waals surface area contributed by atoms with Gasteiger partial charge < -0.3 is 20.3 Å². The predicted molar refractivity (Wildman–Crippen MR) is 123 cm³/mol. The fourth-order valence-electron chi connectivity index (χ4n) is 4.53. The van der Waals surface area contributed by atoms with Crippen molar-refractivity contribution in [2.75, 3.05) is 18.5 Å². The molecule has 2 aromatic rings. The number of nitrogens with zero attached hydrogens (tertiary/aromatic N) is 1. The van der Waals surface area contributed by atoms with E-state index in [0.29, 0.717) is 12.5 Å². The van der Waals surface area contributed by atoms with Crippen LogP contribution in [0.2, 0.25) is 0 Å². The van der Waals surface area contributed by atoms with E-state index in [-0.39, 0.29) is 17.8 Å². The fraction of sp³-hybridized carbons (Fsp3) is 0.480. The minimum atomic E-state index is -5.08. The molecule has 35 heavy (non-hydrogen) atoms. The number of ether oxygens (including phenoxy) is 1. The van der Waals surface area contributed by atoms with Crippen LogP contribution in [0.25, 0.3) is 0 Å². The lowest BCUT2D eigenvalue weighted by molar-refractivity contribution is -0.192. The lowest BCUT2D eigenvalue weighted by Gasteiger charge is -2.17. The van der Waals surface area contributed by atoms with E-state index in [1.54, 1.807) is 0 Å². The molecule has 2 unspecified atom stereocenters. The second kappa shape index (κ2) is 10.5. The first-order valence-electron chi connectivity index (χ1n) is 11.4. The summed E-state index contributed by atoms with van der Waals surface area (Å²) in [6.45, 7) is 5.88. The molecule has 0 saturated heterocycles. The number of fused-ring (bicyclic) bond motifs is 1. The standard InChI is InChI=1S/C23H28N2O3.C2HF3O2/c1-23(2)19(14-20(26)27)21(23)15-6-9-18(10-7-15)28-13-11-17-8-5-16-4-3-12-24-22(16)25-17;3-2(4,5)1(6)7/h5-10,19,21H,3-4,11-14H2,1-2H3,(H,24,25)(H,26,27);(H,6,7). The molecule has 4 rings (SSSR count). The number of aromatic nitrogens is 1. The van der Waals surface area contributed by atoms with Crippen LogP contribution in [-0.2, 0) is 22.4 Å². The first kappa shape index (κ1) is 26.3. The highest BCUT2D eigenvalue weighted by atomic mass is 19.4. The Bertz CT molecular complexity index is 1050. The van der Waals surface area contributed by atoms with Crippen LogP contribution in [-0.4, -0.2) is 46.5 Å². The highest BCUT2D eigenvalue weighted by Crippen LogP contribution is 2.65. The summed E-state index contributed by atoms with van der Waals surface area (Å²) in [6, 6.07) is 12.4. The molecule has 0 bridgehead atoms. The predicted octanol–water partition coefficient (Wildman–Crippen LogP) is 4.91. The number of carboxylic acids is 2. The van der Waals surface area contributed by atoms with Gasteiger partial charge in [-0.2, -0.15) is 13.2 Å². The zero-order chi connectivity index (χ0) is 25.8. The topological polar surface area (TPSA) is 109 Å². The van der Waals surface area contributed by atoms with Crippen molar-refractivity contribution in [1.82, 2.24) is 4.98 Å². The molecule has 1 saturated carbocycles. The highest BCUT2D eigenvalue weighted by molar-refractivity contribution is 5.73. The zero-order valence-corrected chi connectivity index (χ0v) is 19.6.